The van der Waals surface area contributed by atoms with E-state index >= 15 is 0 Å². The lowest BCUT2D eigenvalue weighted by Crippen LogP contribution is -2.28. The van der Waals surface area contributed by atoms with E-state index < -0.39 is 0 Å². The average molecular weight is 235 g/mol. The monoisotopic (exact) mass is 235 g/mol. The first-order valence-electron chi connectivity index (χ1n) is 5.85. The van der Waals surface area contributed by atoms with E-state index in [0.29, 0.717) is 18.9 Å². The Bertz CT molecular complexity index is 411. The Morgan fingerprint density at radius 3 is 2.76 bits per heavy atom. The highest BCUT2D eigenvalue weighted by Crippen LogP contribution is 2.22. The molecule has 1 fully saturated rings. The van der Waals surface area contributed by atoms with Crippen LogP contribution in [-0.4, -0.2) is 24.2 Å². The number of carbonyl (C=O) groups excluding carboxylic acids is 1. The lowest BCUT2D eigenvalue weighted by molar-refractivity contribution is -0.122. The summed E-state index contributed by atoms with van der Waals surface area (Å²) in [4.78, 5) is 11.9. The summed E-state index contributed by atoms with van der Waals surface area (Å²) in [5, 5.41) is 12.4. The van der Waals surface area contributed by atoms with Crippen molar-refractivity contribution in [1.29, 1.82) is 0 Å². The molecule has 0 spiro atoms. The standard InChI is InChI=1S/C13H17NO3/c1-9-2-3-11(8-12(9)15)14-13(16)10-4-6-17-7-5-10/h2-3,8,10,15H,4-7H2,1H3,(H,14,16). The molecule has 0 radical (unpaired) electrons. The number of benzene rings is 1. The van der Waals surface area contributed by atoms with Gasteiger partial charge in [-0.25, -0.2) is 0 Å². The molecule has 0 atom stereocenters. The third-order valence-corrected chi connectivity index (χ3v) is 3.07. The first-order valence-corrected chi connectivity index (χ1v) is 5.85. The molecule has 1 aromatic carbocycles. The van der Waals surface area contributed by atoms with E-state index in [-0.39, 0.29) is 17.6 Å². The fourth-order valence-electron chi connectivity index (χ4n) is 1.89. The first kappa shape index (κ1) is 11.9. The molecule has 1 heterocycles. The number of hydrogen-bond donors (Lipinski definition) is 2. The highest BCUT2D eigenvalue weighted by molar-refractivity contribution is 5.92. The second-order valence-electron chi connectivity index (χ2n) is 4.38. The van der Waals surface area contributed by atoms with Gasteiger partial charge in [-0.2, -0.15) is 0 Å². The average Bonchev–Trinajstić information content (AvgIpc) is 2.35. The highest BCUT2D eigenvalue weighted by Gasteiger charge is 2.21. The molecule has 0 bridgehead atoms. The third kappa shape index (κ3) is 2.97. The van der Waals surface area contributed by atoms with Crippen LogP contribution in [0, 0.1) is 12.8 Å². The Morgan fingerprint density at radius 2 is 2.12 bits per heavy atom. The number of amides is 1. The van der Waals surface area contributed by atoms with E-state index in [1.807, 2.05) is 6.92 Å². The number of phenolic OH excluding ortho intramolecular Hbond substituents is 1. The van der Waals surface area contributed by atoms with Crippen molar-refractivity contribution in [2.75, 3.05) is 18.5 Å². The minimum atomic E-state index is 0.0107. The molecule has 0 aliphatic carbocycles. The lowest BCUT2D eigenvalue weighted by Gasteiger charge is -2.21. The minimum absolute atomic E-state index is 0.0107. The molecule has 4 nitrogen and oxygen atoms in total. The van der Waals surface area contributed by atoms with Crippen molar-refractivity contribution in [3.63, 3.8) is 0 Å². The Labute approximate surface area is 101 Å². The minimum Gasteiger partial charge on any atom is -0.508 e. The number of rotatable bonds is 2. The molecule has 1 amide bonds. The molecular formula is C13H17NO3. The van der Waals surface area contributed by atoms with Crippen LogP contribution < -0.4 is 5.32 Å². The number of phenols is 1. The Kier molecular flexibility index (Phi) is 3.64. The van der Waals surface area contributed by atoms with Gasteiger partial charge in [0.1, 0.15) is 5.75 Å². The van der Waals surface area contributed by atoms with Gasteiger partial charge in [0, 0.05) is 30.9 Å². The normalized spacial score (nSPS) is 16.8. The Balaban J connectivity index is 1.99. The van der Waals surface area contributed by atoms with Crippen LogP contribution in [0.15, 0.2) is 18.2 Å². The van der Waals surface area contributed by atoms with E-state index in [1.54, 1.807) is 18.2 Å². The summed E-state index contributed by atoms with van der Waals surface area (Å²) >= 11 is 0. The van der Waals surface area contributed by atoms with Crippen LogP contribution in [0.4, 0.5) is 5.69 Å². The van der Waals surface area contributed by atoms with Crippen LogP contribution in [0.5, 0.6) is 5.75 Å². The van der Waals surface area contributed by atoms with Crippen molar-refractivity contribution in [2.45, 2.75) is 19.8 Å². The van der Waals surface area contributed by atoms with E-state index in [4.69, 9.17) is 4.74 Å². The van der Waals surface area contributed by atoms with Crippen molar-refractivity contribution in [1.82, 2.24) is 0 Å². The van der Waals surface area contributed by atoms with Crippen LogP contribution in [0.25, 0.3) is 0 Å². The second-order valence-corrected chi connectivity index (χ2v) is 4.38. The molecule has 0 unspecified atom stereocenters. The summed E-state index contributed by atoms with van der Waals surface area (Å²) in [7, 11) is 0. The maximum Gasteiger partial charge on any atom is 0.227 e. The molecule has 0 saturated carbocycles. The maximum absolute atomic E-state index is 11.9. The molecule has 1 aliphatic heterocycles. The molecule has 17 heavy (non-hydrogen) atoms. The first-order chi connectivity index (χ1) is 8.16. The Morgan fingerprint density at radius 1 is 1.41 bits per heavy atom. The van der Waals surface area contributed by atoms with E-state index in [0.717, 1.165) is 18.4 Å². The SMILES string of the molecule is Cc1ccc(NC(=O)C2CCOCC2)cc1O. The number of carbonyl (C=O) groups is 1. The molecule has 0 aromatic heterocycles. The van der Waals surface area contributed by atoms with Gasteiger partial charge in [0.2, 0.25) is 5.91 Å². The predicted molar refractivity (Wildman–Crippen MR) is 65.0 cm³/mol. The molecular weight excluding hydrogens is 218 g/mol. The summed E-state index contributed by atoms with van der Waals surface area (Å²) < 4.78 is 5.21. The van der Waals surface area contributed by atoms with Crippen LogP contribution in [-0.2, 0) is 9.53 Å². The van der Waals surface area contributed by atoms with Crippen LogP contribution in [0.1, 0.15) is 18.4 Å². The number of anilines is 1. The summed E-state index contributed by atoms with van der Waals surface area (Å²) in [6.45, 7) is 3.12. The van der Waals surface area contributed by atoms with Crippen molar-refractivity contribution in [3.05, 3.63) is 23.8 Å². The molecule has 2 N–H and O–H groups in total. The summed E-state index contributed by atoms with van der Waals surface area (Å²) in [5.74, 6) is 0.235. The van der Waals surface area contributed by atoms with Gasteiger partial charge in [0.15, 0.2) is 0 Å². The van der Waals surface area contributed by atoms with Gasteiger partial charge >= 0.3 is 0 Å². The van der Waals surface area contributed by atoms with Crippen LogP contribution >= 0.6 is 0 Å². The van der Waals surface area contributed by atoms with Gasteiger partial charge in [0.05, 0.1) is 0 Å². The molecule has 1 aliphatic rings. The fourth-order valence-corrected chi connectivity index (χ4v) is 1.89. The van der Waals surface area contributed by atoms with Crippen LogP contribution in [0.3, 0.4) is 0 Å². The molecule has 4 heteroatoms. The Hall–Kier alpha value is -1.55. The van der Waals surface area contributed by atoms with Crippen molar-refractivity contribution in [2.24, 2.45) is 5.92 Å². The van der Waals surface area contributed by atoms with Gasteiger partial charge in [0.25, 0.3) is 0 Å². The van der Waals surface area contributed by atoms with Gasteiger partial charge in [-0.15, -0.1) is 0 Å². The quantitative estimate of drug-likeness (QED) is 0.825. The molecule has 1 aromatic rings. The van der Waals surface area contributed by atoms with Crippen molar-refractivity contribution in [3.8, 4) is 5.75 Å². The van der Waals surface area contributed by atoms with E-state index in [1.165, 1.54) is 0 Å². The number of ether oxygens (including phenoxy) is 1. The molecule has 92 valence electrons. The number of aromatic hydroxyl groups is 1. The lowest BCUT2D eigenvalue weighted by atomic mass is 9.99. The summed E-state index contributed by atoms with van der Waals surface area (Å²) in [6, 6.07) is 5.16. The van der Waals surface area contributed by atoms with Crippen LogP contribution in [0.2, 0.25) is 0 Å². The molecule has 2 rings (SSSR count). The van der Waals surface area contributed by atoms with E-state index in [2.05, 4.69) is 5.32 Å². The zero-order valence-electron chi connectivity index (χ0n) is 9.90. The number of hydrogen-bond acceptors (Lipinski definition) is 3. The second kappa shape index (κ2) is 5.19. The zero-order valence-corrected chi connectivity index (χ0v) is 9.90. The summed E-state index contributed by atoms with van der Waals surface area (Å²) in [5.41, 5.74) is 1.44. The van der Waals surface area contributed by atoms with Crippen molar-refractivity contribution < 1.29 is 14.6 Å². The predicted octanol–water partition coefficient (Wildman–Crippen LogP) is 2.07. The largest absolute Gasteiger partial charge is 0.508 e. The van der Waals surface area contributed by atoms with E-state index in [9.17, 15) is 9.90 Å². The smallest absolute Gasteiger partial charge is 0.227 e. The van der Waals surface area contributed by atoms with Gasteiger partial charge in [-0.05, 0) is 31.4 Å². The zero-order chi connectivity index (χ0) is 12.3. The highest BCUT2D eigenvalue weighted by atomic mass is 16.5. The van der Waals surface area contributed by atoms with Gasteiger partial charge in [-0.1, -0.05) is 6.07 Å². The third-order valence-electron chi connectivity index (χ3n) is 3.07. The number of nitrogens with one attached hydrogen (secondary N) is 1. The number of aryl methyl sites for hydroxylation is 1. The molecule has 1 saturated heterocycles. The van der Waals surface area contributed by atoms with Gasteiger partial charge < -0.3 is 15.2 Å². The topological polar surface area (TPSA) is 58.6 Å². The van der Waals surface area contributed by atoms with Gasteiger partial charge in [-0.3, -0.25) is 4.79 Å². The van der Waals surface area contributed by atoms with Crippen molar-refractivity contribution >= 4 is 11.6 Å². The fraction of sp³-hybridized carbons (Fsp3) is 0.462. The summed E-state index contributed by atoms with van der Waals surface area (Å²) in [6.07, 6.45) is 1.54. The maximum atomic E-state index is 11.9.